The van der Waals surface area contributed by atoms with Crippen LogP contribution in [-0.4, -0.2) is 27.0 Å². The summed E-state index contributed by atoms with van der Waals surface area (Å²) >= 11 is 0. The fraction of sp³-hybridized carbons (Fsp3) is 0.0769. The van der Waals surface area contributed by atoms with Crippen molar-refractivity contribution in [2.24, 2.45) is 0 Å². The summed E-state index contributed by atoms with van der Waals surface area (Å²) in [4.78, 5) is 0. The van der Waals surface area contributed by atoms with Crippen molar-refractivity contribution in [3.8, 4) is 28.1 Å². The molecule has 3 rings (SSSR count). The standard InChI is InChI=1S/C13H11F2N5O/c14-13(15)21-9-3-1-7(2-4-9)10-11(19-20-12(10)16)8-5-17-18-6-8/h1-6,13H,(H,17,18)(H3,16,19,20). The number of aromatic nitrogens is 4. The molecular formula is C13H11F2N5O. The summed E-state index contributed by atoms with van der Waals surface area (Å²) in [5, 5.41) is 13.4. The summed E-state index contributed by atoms with van der Waals surface area (Å²) in [6.45, 7) is -2.85. The first-order chi connectivity index (χ1) is 10.1. The minimum atomic E-state index is -2.85. The van der Waals surface area contributed by atoms with Gasteiger partial charge in [0.25, 0.3) is 0 Å². The lowest BCUT2D eigenvalue weighted by atomic mass is 10.0. The third kappa shape index (κ3) is 2.55. The number of hydrogen-bond donors (Lipinski definition) is 3. The smallest absolute Gasteiger partial charge is 0.387 e. The lowest BCUT2D eigenvalue weighted by Crippen LogP contribution is -2.01. The maximum atomic E-state index is 12.1. The number of nitrogen functional groups attached to an aromatic ring is 1. The van der Waals surface area contributed by atoms with Crippen molar-refractivity contribution in [3.63, 3.8) is 0 Å². The molecule has 0 aliphatic carbocycles. The predicted octanol–water partition coefficient (Wildman–Crippen LogP) is 2.65. The number of halogens is 2. The highest BCUT2D eigenvalue weighted by atomic mass is 19.3. The van der Waals surface area contributed by atoms with Crippen LogP contribution in [0.1, 0.15) is 0 Å². The van der Waals surface area contributed by atoms with Crippen LogP contribution in [0.15, 0.2) is 36.7 Å². The Labute approximate surface area is 117 Å². The topological polar surface area (TPSA) is 92.6 Å². The average molecular weight is 291 g/mol. The van der Waals surface area contributed by atoms with Gasteiger partial charge in [-0.1, -0.05) is 12.1 Å². The van der Waals surface area contributed by atoms with E-state index in [9.17, 15) is 8.78 Å². The van der Waals surface area contributed by atoms with E-state index in [-0.39, 0.29) is 5.75 Å². The van der Waals surface area contributed by atoms with Gasteiger partial charge in [0.05, 0.1) is 17.5 Å². The SMILES string of the molecule is Nc1n[nH]c(-c2cn[nH]c2)c1-c1ccc(OC(F)F)cc1. The number of ether oxygens (including phenoxy) is 1. The van der Waals surface area contributed by atoms with Crippen LogP contribution in [0.5, 0.6) is 5.75 Å². The summed E-state index contributed by atoms with van der Waals surface area (Å²) in [5.74, 6) is 0.398. The van der Waals surface area contributed by atoms with Gasteiger partial charge in [-0.05, 0) is 17.7 Å². The van der Waals surface area contributed by atoms with Crippen LogP contribution in [0.2, 0.25) is 0 Å². The molecule has 0 amide bonds. The number of benzene rings is 1. The van der Waals surface area contributed by atoms with Crippen LogP contribution < -0.4 is 10.5 Å². The average Bonchev–Trinajstić information content (AvgIpc) is 3.08. The number of nitrogens with zero attached hydrogens (tertiary/aromatic N) is 2. The minimum absolute atomic E-state index is 0.0840. The van der Waals surface area contributed by atoms with E-state index < -0.39 is 6.61 Å². The van der Waals surface area contributed by atoms with Gasteiger partial charge in [0, 0.05) is 11.8 Å². The highest BCUT2D eigenvalue weighted by Gasteiger charge is 2.15. The molecule has 6 nitrogen and oxygen atoms in total. The molecular weight excluding hydrogens is 280 g/mol. The number of rotatable bonds is 4. The van der Waals surface area contributed by atoms with E-state index in [0.29, 0.717) is 17.1 Å². The molecule has 0 aliphatic heterocycles. The van der Waals surface area contributed by atoms with Crippen molar-refractivity contribution in [2.75, 3.05) is 5.73 Å². The second kappa shape index (κ2) is 5.23. The Morgan fingerprint density at radius 2 is 1.90 bits per heavy atom. The molecule has 0 aliphatic rings. The van der Waals surface area contributed by atoms with Crippen LogP contribution in [0, 0.1) is 0 Å². The number of alkyl halides is 2. The fourth-order valence-corrected chi connectivity index (χ4v) is 2.05. The van der Waals surface area contributed by atoms with Gasteiger partial charge in [0.2, 0.25) is 0 Å². The second-order valence-corrected chi connectivity index (χ2v) is 4.25. The number of aromatic amines is 2. The molecule has 0 radical (unpaired) electrons. The van der Waals surface area contributed by atoms with Crippen LogP contribution in [0.25, 0.3) is 22.4 Å². The van der Waals surface area contributed by atoms with E-state index in [4.69, 9.17) is 5.73 Å². The van der Waals surface area contributed by atoms with Crippen LogP contribution in [0.3, 0.4) is 0 Å². The Morgan fingerprint density at radius 1 is 1.14 bits per heavy atom. The lowest BCUT2D eigenvalue weighted by Gasteiger charge is -2.06. The Hall–Kier alpha value is -2.90. The Kier molecular flexibility index (Phi) is 3.27. The molecule has 0 saturated carbocycles. The lowest BCUT2D eigenvalue weighted by molar-refractivity contribution is -0.0498. The Balaban J connectivity index is 1.99. The molecule has 3 aromatic rings. The van der Waals surface area contributed by atoms with Gasteiger partial charge in [-0.2, -0.15) is 19.0 Å². The molecule has 0 unspecified atom stereocenters. The van der Waals surface area contributed by atoms with E-state index >= 15 is 0 Å². The van der Waals surface area contributed by atoms with Crippen molar-refractivity contribution in [2.45, 2.75) is 6.61 Å². The minimum Gasteiger partial charge on any atom is -0.435 e. The molecule has 21 heavy (non-hydrogen) atoms. The number of anilines is 1. The summed E-state index contributed by atoms with van der Waals surface area (Å²) in [6.07, 6.45) is 3.33. The molecule has 2 aromatic heterocycles. The third-order valence-electron chi connectivity index (χ3n) is 2.95. The molecule has 1 aromatic carbocycles. The maximum Gasteiger partial charge on any atom is 0.387 e. The summed E-state index contributed by atoms with van der Waals surface area (Å²) in [7, 11) is 0. The van der Waals surface area contributed by atoms with E-state index in [1.54, 1.807) is 24.5 Å². The zero-order valence-electron chi connectivity index (χ0n) is 10.7. The number of hydrogen-bond acceptors (Lipinski definition) is 4. The molecule has 4 N–H and O–H groups in total. The summed E-state index contributed by atoms with van der Waals surface area (Å²) in [6, 6.07) is 6.19. The summed E-state index contributed by atoms with van der Waals surface area (Å²) in [5.41, 5.74) is 8.78. The second-order valence-electron chi connectivity index (χ2n) is 4.25. The Bertz CT molecular complexity index is 722. The van der Waals surface area contributed by atoms with Gasteiger partial charge in [0.1, 0.15) is 5.75 Å². The molecule has 0 atom stereocenters. The zero-order chi connectivity index (χ0) is 14.8. The van der Waals surface area contributed by atoms with E-state index in [1.807, 2.05) is 0 Å². The molecule has 0 fully saturated rings. The van der Waals surface area contributed by atoms with Gasteiger partial charge in [0.15, 0.2) is 5.82 Å². The molecule has 0 bridgehead atoms. The Morgan fingerprint density at radius 3 is 2.52 bits per heavy atom. The van der Waals surface area contributed by atoms with Crippen LogP contribution in [0.4, 0.5) is 14.6 Å². The molecule has 108 valence electrons. The van der Waals surface area contributed by atoms with Gasteiger partial charge in [-0.15, -0.1) is 0 Å². The normalized spacial score (nSPS) is 11.0. The predicted molar refractivity (Wildman–Crippen MR) is 72.6 cm³/mol. The quantitative estimate of drug-likeness (QED) is 0.689. The highest BCUT2D eigenvalue weighted by Crippen LogP contribution is 2.35. The molecule has 2 heterocycles. The zero-order valence-corrected chi connectivity index (χ0v) is 10.7. The third-order valence-corrected chi connectivity index (χ3v) is 2.95. The van der Waals surface area contributed by atoms with Gasteiger partial charge < -0.3 is 10.5 Å². The maximum absolute atomic E-state index is 12.1. The van der Waals surface area contributed by atoms with Crippen molar-refractivity contribution in [1.29, 1.82) is 0 Å². The van der Waals surface area contributed by atoms with Crippen LogP contribution in [-0.2, 0) is 0 Å². The first-order valence-electron chi connectivity index (χ1n) is 6.03. The molecule has 0 spiro atoms. The van der Waals surface area contributed by atoms with Crippen LogP contribution >= 0.6 is 0 Å². The van der Waals surface area contributed by atoms with Crippen molar-refractivity contribution >= 4 is 5.82 Å². The number of nitrogens with two attached hydrogens (primary N) is 1. The first-order valence-corrected chi connectivity index (χ1v) is 6.03. The first kappa shape index (κ1) is 13.1. The number of H-pyrrole nitrogens is 2. The van der Waals surface area contributed by atoms with E-state index in [0.717, 1.165) is 11.1 Å². The molecule has 0 saturated heterocycles. The highest BCUT2D eigenvalue weighted by molar-refractivity contribution is 5.87. The van der Waals surface area contributed by atoms with E-state index in [2.05, 4.69) is 25.1 Å². The van der Waals surface area contributed by atoms with Gasteiger partial charge in [-0.25, -0.2) is 0 Å². The largest absolute Gasteiger partial charge is 0.435 e. The molecule has 8 heteroatoms. The van der Waals surface area contributed by atoms with Crippen molar-refractivity contribution in [1.82, 2.24) is 20.4 Å². The van der Waals surface area contributed by atoms with Gasteiger partial charge >= 0.3 is 6.61 Å². The van der Waals surface area contributed by atoms with Crippen molar-refractivity contribution < 1.29 is 13.5 Å². The summed E-state index contributed by atoms with van der Waals surface area (Å²) < 4.78 is 28.6. The van der Waals surface area contributed by atoms with Gasteiger partial charge in [-0.3, -0.25) is 10.2 Å². The monoisotopic (exact) mass is 291 g/mol. The number of nitrogens with one attached hydrogen (secondary N) is 2. The fourth-order valence-electron chi connectivity index (χ4n) is 2.05. The van der Waals surface area contributed by atoms with Crippen molar-refractivity contribution in [3.05, 3.63) is 36.7 Å². The van der Waals surface area contributed by atoms with E-state index in [1.165, 1.54) is 12.1 Å².